The predicted octanol–water partition coefficient (Wildman–Crippen LogP) is 1.39. The summed E-state index contributed by atoms with van der Waals surface area (Å²) < 4.78 is 1.34. The fourth-order valence-electron chi connectivity index (χ4n) is 2.08. The minimum absolute atomic E-state index is 0.0606. The second kappa shape index (κ2) is 3.92. The average Bonchev–Trinajstić information content (AvgIpc) is 2.84. The highest BCUT2D eigenvalue weighted by molar-refractivity contribution is 5.91. The van der Waals surface area contributed by atoms with Crippen molar-refractivity contribution in [1.29, 1.82) is 0 Å². The second-order valence-electron chi connectivity index (χ2n) is 4.20. The molecule has 20 heavy (non-hydrogen) atoms. The fourth-order valence-corrected chi connectivity index (χ4v) is 2.08. The fraction of sp³-hybridized carbons (Fsp3) is 0. The number of hydrogen-bond donors (Lipinski definition) is 2. The Morgan fingerprint density at radius 1 is 1.30 bits per heavy atom. The Bertz CT molecular complexity index is 937. The largest absolute Gasteiger partial charge is 0.478 e. The van der Waals surface area contributed by atoms with Gasteiger partial charge in [0.05, 0.1) is 21.5 Å². The number of nitro benzene ring substituents is 1. The van der Waals surface area contributed by atoms with Gasteiger partial charge in [-0.2, -0.15) is 0 Å². The van der Waals surface area contributed by atoms with Gasteiger partial charge in [0.15, 0.2) is 0 Å². The lowest BCUT2D eigenvalue weighted by atomic mass is 10.2. The van der Waals surface area contributed by atoms with Crippen LogP contribution in [-0.4, -0.2) is 25.4 Å². The molecule has 0 radical (unpaired) electrons. The number of aromatic nitrogens is 2. The van der Waals surface area contributed by atoms with Crippen LogP contribution in [0.2, 0.25) is 0 Å². The molecule has 3 aromatic rings. The molecule has 2 N–H and O–H groups in total. The van der Waals surface area contributed by atoms with E-state index in [0.29, 0.717) is 11.0 Å². The van der Waals surface area contributed by atoms with Gasteiger partial charge in [0, 0.05) is 18.3 Å². The number of nitrogens with zero attached hydrogens (tertiary/aromatic N) is 2. The van der Waals surface area contributed by atoms with E-state index in [4.69, 9.17) is 5.11 Å². The first kappa shape index (κ1) is 11.9. The van der Waals surface area contributed by atoms with Gasteiger partial charge >= 0.3 is 5.97 Å². The molecule has 3 rings (SSSR count). The summed E-state index contributed by atoms with van der Waals surface area (Å²) in [5, 5.41) is 19.7. The van der Waals surface area contributed by atoms with Crippen molar-refractivity contribution in [2.24, 2.45) is 0 Å². The Labute approximate surface area is 110 Å². The zero-order valence-corrected chi connectivity index (χ0v) is 9.86. The van der Waals surface area contributed by atoms with Crippen LogP contribution in [0.25, 0.3) is 16.6 Å². The van der Waals surface area contributed by atoms with Crippen molar-refractivity contribution < 1.29 is 14.8 Å². The summed E-state index contributed by atoms with van der Waals surface area (Å²) in [7, 11) is 0. The molecule has 1 aromatic carbocycles. The van der Waals surface area contributed by atoms with E-state index in [1.165, 1.54) is 34.9 Å². The van der Waals surface area contributed by atoms with Crippen LogP contribution < -0.4 is 5.56 Å². The number of aromatic carboxylic acids is 1. The van der Waals surface area contributed by atoms with Gasteiger partial charge in [0.25, 0.3) is 11.2 Å². The van der Waals surface area contributed by atoms with E-state index < -0.39 is 16.5 Å². The minimum atomic E-state index is -1.17. The van der Waals surface area contributed by atoms with E-state index in [9.17, 15) is 19.7 Å². The summed E-state index contributed by atoms with van der Waals surface area (Å²) >= 11 is 0. The normalized spacial score (nSPS) is 11.0. The molecule has 2 heterocycles. The Morgan fingerprint density at radius 2 is 2.05 bits per heavy atom. The summed E-state index contributed by atoms with van der Waals surface area (Å²) in [6.45, 7) is 0. The number of carboxylic acid groups (broad SMARTS) is 1. The van der Waals surface area contributed by atoms with Crippen molar-refractivity contribution in [3.63, 3.8) is 0 Å². The molecule has 0 saturated heterocycles. The number of aromatic amines is 1. The van der Waals surface area contributed by atoms with Gasteiger partial charge in [0.1, 0.15) is 5.52 Å². The Hall–Kier alpha value is -3.16. The van der Waals surface area contributed by atoms with Gasteiger partial charge in [-0.3, -0.25) is 14.9 Å². The molecule has 0 atom stereocenters. The van der Waals surface area contributed by atoms with E-state index in [1.54, 1.807) is 0 Å². The van der Waals surface area contributed by atoms with Gasteiger partial charge in [0.2, 0.25) is 0 Å². The highest BCUT2D eigenvalue weighted by atomic mass is 16.6. The lowest BCUT2D eigenvalue weighted by molar-refractivity contribution is -0.384. The third-order valence-electron chi connectivity index (χ3n) is 3.00. The molecule has 0 spiro atoms. The van der Waals surface area contributed by atoms with Crippen LogP contribution in [0.15, 0.2) is 35.3 Å². The van der Waals surface area contributed by atoms with Crippen LogP contribution in [0.1, 0.15) is 10.4 Å². The molecule has 0 bridgehead atoms. The van der Waals surface area contributed by atoms with Gasteiger partial charge in [-0.05, 0) is 12.1 Å². The van der Waals surface area contributed by atoms with Crippen LogP contribution in [0.3, 0.4) is 0 Å². The summed E-state index contributed by atoms with van der Waals surface area (Å²) in [6.07, 6.45) is 1.26. The first-order valence-corrected chi connectivity index (χ1v) is 5.53. The predicted molar refractivity (Wildman–Crippen MR) is 69.1 cm³/mol. The van der Waals surface area contributed by atoms with E-state index in [0.717, 1.165) is 0 Å². The van der Waals surface area contributed by atoms with Crippen LogP contribution >= 0.6 is 0 Å². The maximum Gasteiger partial charge on any atom is 0.337 e. The molecule has 0 aliphatic rings. The first-order valence-electron chi connectivity index (χ1n) is 5.53. The third-order valence-corrected chi connectivity index (χ3v) is 3.00. The summed E-state index contributed by atoms with van der Waals surface area (Å²) in [6, 6.07) is 5.18. The van der Waals surface area contributed by atoms with Gasteiger partial charge in [-0.1, -0.05) is 0 Å². The van der Waals surface area contributed by atoms with Crippen LogP contribution in [0.4, 0.5) is 5.69 Å². The number of fused-ring (bicyclic) bond motifs is 3. The number of hydrogen-bond acceptors (Lipinski definition) is 4. The molecule has 8 heteroatoms. The number of H-pyrrole nitrogens is 1. The highest BCUT2D eigenvalue weighted by Crippen LogP contribution is 2.20. The Kier molecular flexibility index (Phi) is 2.33. The summed E-state index contributed by atoms with van der Waals surface area (Å²) in [5.74, 6) is -1.17. The Morgan fingerprint density at radius 3 is 2.70 bits per heavy atom. The number of nitro groups is 1. The zero-order valence-electron chi connectivity index (χ0n) is 9.86. The van der Waals surface area contributed by atoms with Crippen LogP contribution in [0, 0.1) is 10.1 Å². The summed E-state index contributed by atoms with van der Waals surface area (Å²) in [4.78, 5) is 35.6. The highest BCUT2D eigenvalue weighted by Gasteiger charge is 2.14. The second-order valence-corrected chi connectivity index (χ2v) is 4.20. The standard InChI is InChI=1S/C12H7N3O5/c16-11-10-3-6(12(17)18)5-14(10)9-4-7(15(19)20)1-2-8(9)13-11/h1-5H,(H,13,16)(H,17,18). The molecule has 0 fully saturated rings. The van der Waals surface area contributed by atoms with Crippen molar-refractivity contribution in [3.05, 3.63) is 56.5 Å². The molecule has 100 valence electrons. The monoisotopic (exact) mass is 273 g/mol. The molecule has 2 aromatic heterocycles. The molecule has 0 saturated carbocycles. The van der Waals surface area contributed by atoms with E-state index in [2.05, 4.69) is 4.98 Å². The number of rotatable bonds is 2. The topological polar surface area (TPSA) is 118 Å². The first-order chi connectivity index (χ1) is 9.47. The number of benzene rings is 1. The molecule has 0 aliphatic heterocycles. The SMILES string of the molecule is O=C(O)c1cc2c(=O)[nH]c3ccc([N+](=O)[O-])cc3n2c1. The van der Waals surface area contributed by atoms with E-state index in [-0.39, 0.29) is 16.8 Å². The van der Waals surface area contributed by atoms with Crippen LogP contribution in [0.5, 0.6) is 0 Å². The lowest BCUT2D eigenvalue weighted by Crippen LogP contribution is -2.09. The molecular weight excluding hydrogens is 266 g/mol. The van der Waals surface area contributed by atoms with E-state index in [1.807, 2.05) is 0 Å². The molecule has 0 aliphatic carbocycles. The maximum absolute atomic E-state index is 11.8. The number of carboxylic acids is 1. The smallest absolute Gasteiger partial charge is 0.337 e. The van der Waals surface area contributed by atoms with Crippen molar-refractivity contribution in [3.8, 4) is 0 Å². The summed E-state index contributed by atoms with van der Waals surface area (Å²) in [5.41, 5.74) is 0.210. The Balaban J connectivity index is 2.48. The van der Waals surface area contributed by atoms with E-state index >= 15 is 0 Å². The molecule has 8 nitrogen and oxygen atoms in total. The van der Waals surface area contributed by atoms with Crippen molar-refractivity contribution in [2.75, 3.05) is 0 Å². The van der Waals surface area contributed by atoms with Crippen molar-refractivity contribution in [1.82, 2.24) is 9.38 Å². The van der Waals surface area contributed by atoms with Gasteiger partial charge in [-0.25, -0.2) is 4.79 Å². The number of nitrogens with one attached hydrogen (secondary N) is 1. The number of non-ortho nitro benzene ring substituents is 1. The zero-order chi connectivity index (χ0) is 14.4. The quantitative estimate of drug-likeness (QED) is 0.540. The lowest BCUT2D eigenvalue weighted by Gasteiger charge is -2.02. The molecule has 0 unspecified atom stereocenters. The molecular formula is C12H7N3O5. The third kappa shape index (κ3) is 1.62. The van der Waals surface area contributed by atoms with Crippen molar-refractivity contribution >= 4 is 28.2 Å². The van der Waals surface area contributed by atoms with Crippen molar-refractivity contribution in [2.45, 2.75) is 0 Å². The van der Waals surface area contributed by atoms with Gasteiger partial charge < -0.3 is 14.5 Å². The van der Waals surface area contributed by atoms with Gasteiger partial charge in [-0.15, -0.1) is 0 Å². The molecule has 0 amide bonds. The number of carbonyl (C=O) groups is 1. The minimum Gasteiger partial charge on any atom is -0.478 e. The average molecular weight is 273 g/mol. The maximum atomic E-state index is 11.8. The van der Waals surface area contributed by atoms with Crippen LogP contribution in [-0.2, 0) is 0 Å².